The molecule has 0 aliphatic heterocycles. The highest BCUT2D eigenvalue weighted by atomic mass is 16.4. The first kappa shape index (κ1) is 49.1. The van der Waals surface area contributed by atoms with Gasteiger partial charge in [0, 0.05) is 6.42 Å². The number of aliphatic carboxylic acids is 2. The highest BCUT2D eigenvalue weighted by Crippen LogP contribution is 2.10. The van der Waals surface area contributed by atoms with Crippen LogP contribution < -0.4 is 43.4 Å². The summed E-state index contributed by atoms with van der Waals surface area (Å²) >= 11 is 0. The fourth-order valence-corrected chi connectivity index (χ4v) is 4.81. The number of rotatable bonds is 25. The van der Waals surface area contributed by atoms with Gasteiger partial charge in [0.2, 0.25) is 41.4 Å². The predicted octanol–water partition coefficient (Wildman–Crippen LogP) is -5.11. The third-order valence-corrected chi connectivity index (χ3v) is 7.65. The second-order valence-electron chi connectivity index (χ2n) is 13.7. The Bertz CT molecular complexity index is 1340. The number of primary amides is 1. The summed E-state index contributed by atoms with van der Waals surface area (Å²) in [5, 5.41) is 61.7. The van der Waals surface area contributed by atoms with E-state index in [0.717, 1.165) is 13.8 Å². The van der Waals surface area contributed by atoms with E-state index < -0.39 is 134 Å². The largest absolute Gasteiger partial charge is 0.481 e. The molecule has 0 aromatic heterocycles. The summed E-state index contributed by atoms with van der Waals surface area (Å²) in [4.78, 5) is 113. The van der Waals surface area contributed by atoms with E-state index in [0.29, 0.717) is 0 Å². The smallest absolute Gasteiger partial charge is 0.328 e. The second kappa shape index (κ2) is 23.7. The van der Waals surface area contributed by atoms with E-state index in [1.165, 1.54) is 0 Å². The first-order valence-corrected chi connectivity index (χ1v) is 17.2. The number of amides is 7. The lowest BCUT2D eigenvalue weighted by Gasteiger charge is -2.29. The summed E-state index contributed by atoms with van der Waals surface area (Å²) in [6.45, 7) is 8.21. The van der Waals surface area contributed by atoms with Gasteiger partial charge in [-0.1, -0.05) is 27.7 Å². The number of carboxylic acids is 2. The van der Waals surface area contributed by atoms with Crippen molar-refractivity contribution in [1.82, 2.24) is 31.9 Å². The molecule has 0 fully saturated rings. The Morgan fingerprint density at radius 2 is 0.944 bits per heavy atom. The van der Waals surface area contributed by atoms with Gasteiger partial charge in [0.05, 0.1) is 25.2 Å². The Kier molecular flexibility index (Phi) is 21.5. The number of carboxylic acid groups (broad SMARTS) is 2. The van der Waals surface area contributed by atoms with Crippen LogP contribution in [0.2, 0.25) is 0 Å². The van der Waals surface area contributed by atoms with E-state index in [9.17, 15) is 68.7 Å². The molecule has 308 valence electrons. The fraction of sp³-hybridized carbons (Fsp3) is 0.719. The van der Waals surface area contributed by atoms with Crippen LogP contribution >= 0.6 is 0 Å². The Morgan fingerprint density at radius 3 is 1.33 bits per heavy atom. The van der Waals surface area contributed by atoms with Crippen molar-refractivity contribution < 1.29 is 68.7 Å². The summed E-state index contributed by atoms with van der Waals surface area (Å²) in [5.74, 6) is -10.9. The van der Waals surface area contributed by atoms with Crippen LogP contribution in [-0.2, 0) is 43.2 Å². The lowest BCUT2D eigenvalue weighted by molar-refractivity contribution is -0.145. The molecular weight excluding hydrogens is 720 g/mol. The Balaban J connectivity index is 6.29. The van der Waals surface area contributed by atoms with E-state index in [1.807, 2.05) is 0 Å². The molecule has 0 saturated carbocycles. The number of carbonyl (C=O) groups is 9. The number of nitrogens with one attached hydrogen (secondary N) is 6. The van der Waals surface area contributed by atoms with Crippen LogP contribution in [0.4, 0.5) is 0 Å². The first-order chi connectivity index (χ1) is 24.9. The van der Waals surface area contributed by atoms with Crippen LogP contribution in [0, 0.1) is 11.8 Å². The first-order valence-electron chi connectivity index (χ1n) is 17.2. The molecule has 0 aliphatic rings. The Morgan fingerprint density at radius 1 is 0.556 bits per heavy atom. The summed E-state index contributed by atoms with van der Waals surface area (Å²) in [5.41, 5.74) is 10.7. The van der Waals surface area contributed by atoms with E-state index in [1.54, 1.807) is 27.7 Å². The second-order valence-corrected chi connectivity index (χ2v) is 13.7. The SMILES string of the molecule is CC(C)C[C@H](NC(=O)[C@@H](NC(=O)[C@H](CC(=O)O)NC(=O)[C@H](CC(C)C)NC(=O)[C@@H](N)CO)[C@@H](C)O)C(=O)N[C@@H](CCC(N)=O)C(=O)N[C@H](C(=O)O)[C@@H](C)O. The fourth-order valence-electron chi connectivity index (χ4n) is 4.81. The maximum atomic E-state index is 13.5. The summed E-state index contributed by atoms with van der Waals surface area (Å²) in [6, 6.07) is -11.2. The van der Waals surface area contributed by atoms with E-state index in [-0.39, 0.29) is 24.7 Å². The van der Waals surface area contributed by atoms with Crippen molar-refractivity contribution in [1.29, 1.82) is 0 Å². The van der Waals surface area contributed by atoms with Gasteiger partial charge in [0.25, 0.3) is 0 Å². The minimum absolute atomic E-state index is 0.0148. The zero-order valence-electron chi connectivity index (χ0n) is 31.2. The molecule has 0 aromatic rings. The minimum atomic E-state index is -1.85. The topological polar surface area (TPSA) is 379 Å². The van der Waals surface area contributed by atoms with Gasteiger partial charge in [-0.15, -0.1) is 0 Å². The van der Waals surface area contributed by atoms with Crippen molar-refractivity contribution in [2.75, 3.05) is 6.61 Å². The molecule has 0 saturated heterocycles. The Hall–Kier alpha value is -4.93. The number of aliphatic hydroxyl groups is 3. The van der Waals surface area contributed by atoms with Gasteiger partial charge in [0.1, 0.15) is 36.3 Å². The zero-order chi connectivity index (χ0) is 42.0. The van der Waals surface area contributed by atoms with Gasteiger partial charge < -0.3 is 68.9 Å². The van der Waals surface area contributed by atoms with E-state index in [2.05, 4.69) is 31.9 Å². The highest BCUT2D eigenvalue weighted by Gasteiger charge is 2.36. The highest BCUT2D eigenvalue weighted by molar-refractivity contribution is 5.98. The zero-order valence-corrected chi connectivity index (χ0v) is 31.2. The monoisotopic (exact) mass is 776 g/mol. The van der Waals surface area contributed by atoms with Gasteiger partial charge in [-0.3, -0.25) is 38.4 Å². The van der Waals surface area contributed by atoms with Gasteiger partial charge >= 0.3 is 11.9 Å². The molecule has 0 spiro atoms. The maximum Gasteiger partial charge on any atom is 0.328 e. The van der Waals surface area contributed by atoms with Crippen molar-refractivity contribution in [2.24, 2.45) is 23.3 Å². The number of carbonyl (C=O) groups excluding carboxylic acids is 7. The summed E-state index contributed by atoms with van der Waals surface area (Å²) in [7, 11) is 0. The third-order valence-electron chi connectivity index (χ3n) is 7.65. The van der Waals surface area contributed by atoms with Crippen molar-refractivity contribution in [3.05, 3.63) is 0 Å². The molecular formula is C32H56N8O14. The molecule has 0 radical (unpaired) electrons. The predicted molar refractivity (Wildman–Crippen MR) is 187 cm³/mol. The van der Waals surface area contributed by atoms with Crippen molar-refractivity contribution in [2.45, 2.75) is 128 Å². The summed E-state index contributed by atoms with van der Waals surface area (Å²) < 4.78 is 0. The van der Waals surface area contributed by atoms with Crippen LogP contribution in [0.3, 0.4) is 0 Å². The molecule has 7 amide bonds. The lowest BCUT2D eigenvalue weighted by atomic mass is 10.0. The molecule has 9 atom stereocenters. The van der Waals surface area contributed by atoms with Gasteiger partial charge in [-0.2, -0.15) is 0 Å². The Labute approximate surface area is 311 Å². The summed E-state index contributed by atoms with van der Waals surface area (Å²) in [6.07, 6.45) is -5.14. The maximum absolute atomic E-state index is 13.5. The van der Waals surface area contributed by atoms with E-state index >= 15 is 0 Å². The molecule has 0 bridgehead atoms. The normalized spacial score (nSPS) is 16.2. The quantitative estimate of drug-likeness (QED) is 0.0412. The third kappa shape index (κ3) is 18.2. The van der Waals surface area contributed by atoms with Crippen LogP contribution in [0.5, 0.6) is 0 Å². The molecule has 0 unspecified atom stereocenters. The van der Waals surface area contributed by atoms with Crippen LogP contribution in [-0.4, -0.2) is 140 Å². The van der Waals surface area contributed by atoms with Crippen molar-refractivity contribution >= 4 is 53.3 Å². The molecule has 15 N–H and O–H groups in total. The number of nitrogens with two attached hydrogens (primary N) is 2. The standard InChI is InChI=1S/C32H56N8O14/c1-13(2)9-19(36-26(47)17(33)12-41)29(50)37-21(11-23(45)46)30(51)39-24(15(5)42)31(52)38-20(10-14(3)4)28(49)35-18(7-8-22(34)44)27(48)40-25(16(6)43)32(53)54/h13-21,24-25,41-43H,7-12,33H2,1-6H3,(H2,34,44)(H,35,49)(H,36,47)(H,37,50)(H,38,52)(H,39,51)(H,40,48)(H,45,46)(H,53,54)/t15-,16-,17+,18+,19+,20+,21+,24+,25+/m1/s1. The minimum Gasteiger partial charge on any atom is -0.481 e. The molecule has 54 heavy (non-hydrogen) atoms. The van der Waals surface area contributed by atoms with Gasteiger partial charge in [0.15, 0.2) is 6.04 Å². The van der Waals surface area contributed by atoms with Crippen molar-refractivity contribution in [3.63, 3.8) is 0 Å². The van der Waals surface area contributed by atoms with Crippen molar-refractivity contribution in [3.8, 4) is 0 Å². The van der Waals surface area contributed by atoms with Gasteiger partial charge in [-0.25, -0.2) is 4.79 Å². The van der Waals surface area contributed by atoms with Crippen LogP contribution in [0.25, 0.3) is 0 Å². The number of hydrogen-bond donors (Lipinski definition) is 13. The van der Waals surface area contributed by atoms with E-state index in [4.69, 9.17) is 11.5 Å². The molecule has 0 rings (SSSR count). The number of hydrogen-bond acceptors (Lipinski definition) is 13. The van der Waals surface area contributed by atoms with Crippen LogP contribution in [0.15, 0.2) is 0 Å². The molecule has 0 aromatic carbocycles. The van der Waals surface area contributed by atoms with Gasteiger partial charge in [-0.05, 0) is 44.9 Å². The average molecular weight is 777 g/mol. The molecule has 0 aliphatic carbocycles. The molecule has 22 nitrogen and oxygen atoms in total. The molecule has 22 heteroatoms. The lowest BCUT2D eigenvalue weighted by Crippen LogP contribution is -2.62. The number of aliphatic hydroxyl groups excluding tert-OH is 3. The average Bonchev–Trinajstić information content (AvgIpc) is 3.04. The molecule has 0 heterocycles. The van der Waals surface area contributed by atoms with Crippen LogP contribution in [0.1, 0.15) is 73.6 Å².